The Hall–Kier alpha value is -2.93. The first kappa shape index (κ1) is 21.8. The standard InChI is InChI=1S/C23H30N4O3/c1-3-26(16-19-9-11-24-12-10-19)22(28)15-21-23(29)25-13-14-27(21)17-18-5-7-20(8-6-18)30-4-2/h5-12,21H,3-4,13-17H2,1-2H3,(H,25,29). The van der Waals surface area contributed by atoms with E-state index in [1.807, 2.05) is 50.2 Å². The second-order valence-electron chi connectivity index (χ2n) is 7.32. The zero-order valence-corrected chi connectivity index (χ0v) is 17.7. The molecule has 2 heterocycles. The van der Waals surface area contributed by atoms with Gasteiger partial charge in [0, 0.05) is 45.1 Å². The Kier molecular flexibility index (Phi) is 7.79. The second-order valence-corrected chi connectivity index (χ2v) is 7.32. The van der Waals surface area contributed by atoms with E-state index in [2.05, 4.69) is 15.2 Å². The van der Waals surface area contributed by atoms with E-state index >= 15 is 0 Å². The highest BCUT2D eigenvalue weighted by atomic mass is 16.5. The van der Waals surface area contributed by atoms with E-state index in [1.54, 1.807) is 17.3 Å². The van der Waals surface area contributed by atoms with E-state index in [9.17, 15) is 9.59 Å². The first-order valence-corrected chi connectivity index (χ1v) is 10.5. The normalized spacial score (nSPS) is 16.7. The Balaban J connectivity index is 1.66. The zero-order chi connectivity index (χ0) is 21.3. The summed E-state index contributed by atoms with van der Waals surface area (Å²) in [7, 11) is 0. The van der Waals surface area contributed by atoms with Crippen LogP contribution in [0.1, 0.15) is 31.4 Å². The number of ether oxygens (including phenoxy) is 1. The van der Waals surface area contributed by atoms with Crippen molar-refractivity contribution in [2.45, 2.75) is 39.4 Å². The van der Waals surface area contributed by atoms with Gasteiger partial charge in [-0.05, 0) is 49.2 Å². The van der Waals surface area contributed by atoms with Crippen molar-refractivity contribution in [3.8, 4) is 5.75 Å². The Morgan fingerprint density at radius 2 is 1.90 bits per heavy atom. The first-order valence-electron chi connectivity index (χ1n) is 10.5. The summed E-state index contributed by atoms with van der Waals surface area (Å²) in [6.07, 6.45) is 3.61. The summed E-state index contributed by atoms with van der Waals surface area (Å²) in [5.74, 6) is 0.729. The number of pyridine rings is 1. The van der Waals surface area contributed by atoms with Crippen LogP contribution >= 0.6 is 0 Å². The zero-order valence-electron chi connectivity index (χ0n) is 17.7. The molecule has 7 heteroatoms. The van der Waals surface area contributed by atoms with Crippen molar-refractivity contribution >= 4 is 11.8 Å². The summed E-state index contributed by atoms with van der Waals surface area (Å²) in [6.45, 7) is 7.58. The molecule has 1 N–H and O–H groups in total. The van der Waals surface area contributed by atoms with Gasteiger partial charge < -0.3 is 15.0 Å². The molecule has 2 amide bonds. The molecule has 0 spiro atoms. The molecule has 7 nitrogen and oxygen atoms in total. The van der Waals surface area contributed by atoms with Gasteiger partial charge in [0.05, 0.1) is 19.1 Å². The van der Waals surface area contributed by atoms with E-state index < -0.39 is 6.04 Å². The summed E-state index contributed by atoms with van der Waals surface area (Å²) in [4.78, 5) is 33.5. The van der Waals surface area contributed by atoms with Gasteiger partial charge in [0.1, 0.15) is 5.75 Å². The molecule has 1 aliphatic heterocycles. The van der Waals surface area contributed by atoms with Gasteiger partial charge in [0.15, 0.2) is 0 Å². The Bertz CT molecular complexity index is 826. The second kappa shape index (κ2) is 10.7. The van der Waals surface area contributed by atoms with E-state index in [4.69, 9.17) is 4.74 Å². The molecular weight excluding hydrogens is 380 g/mol. The molecule has 160 valence electrons. The van der Waals surface area contributed by atoms with Crippen LogP contribution in [0.15, 0.2) is 48.8 Å². The SMILES string of the molecule is CCOc1ccc(CN2CCNC(=O)C2CC(=O)N(CC)Cc2ccncc2)cc1. The third-order valence-corrected chi connectivity index (χ3v) is 5.29. The van der Waals surface area contributed by atoms with E-state index in [1.165, 1.54) is 0 Å². The average molecular weight is 411 g/mol. The molecule has 0 saturated carbocycles. The highest BCUT2D eigenvalue weighted by Gasteiger charge is 2.32. The van der Waals surface area contributed by atoms with Crippen LogP contribution in [0.4, 0.5) is 0 Å². The van der Waals surface area contributed by atoms with Crippen molar-refractivity contribution in [1.29, 1.82) is 0 Å². The Morgan fingerprint density at radius 1 is 1.17 bits per heavy atom. The first-order chi connectivity index (χ1) is 14.6. The average Bonchev–Trinajstić information content (AvgIpc) is 2.76. The van der Waals surface area contributed by atoms with Gasteiger partial charge in [0.2, 0.25) is 11.8 Å². The van der Waals surface area contributed by atoms with Crippen LogP contribution in [0.5, 0.6) is 5.75 Å². The van der Waals surface area contributed by atoms with E-state index in [-0.39, 0.29) is 18.2 Å². The summed E-state index contributed by atoms with van der Waals surface area (Å²) < 4.78 is 5.50. The quantitative estimate of drug-likeness (QED) is 0.686. The van der Waals surface area contributed by atoms with Crippen molar-refractivity contribution in [2.24, 2.45) is 0 Å². The minimum Gasteiger partial charge on any atom is -0.494 e. The molecule has 1 atom stereocenters. The number of hydrogen-bond acceptors (Lipinski definition) is 5. The fourth-order valence-corrected chi connectivity index (χ4v) is 3.64. The third kappa shape index (κ3) is 5.79. The fraction of sp³-hybridized carbons (Fsp3) is 0.435. The van der Waals surface area contributed by atoms with Crippen LogP contribution in [0.25, 0.3) is 0 Å². The monoisotopic (exact) mass is 410 g/mol. The number of piperazine rings is 1. The molecule has 3 rings (SSSR count). The molecule has 0 aliphatic carbocycles. The van der Waals surface area contributed by atoms with Crippen molar-refractivity contribution in [1.82, 2.24) is 20.1 Å². The summed E-state index contributed by atoms with van der Waals surface area (Å²) in [5.41, 5.74) is 2.12. The highest BCUT2D eigenvalue weighted by Crippen LogP contribution is 2.18. The molecule has 1 aromatic heterocycles. The van der Waals surface area contributed by atoms with Gasteiger partial charge in [-0.15, -0.1) is 0 Å². The topological polar surface area (TPSA) is 74.8 Å². The molecular formula is C23H30N4O3. The number of carbonyl (C=O) groups excluding carboxylic acids is 2. The van der Waals surface area contributed by atoms with Crippen LogP contribution in [-0.2, 0) is 22.7 Å². The minimum atomic E-state index is -0.468. The van der Waals surface area contributed by atoms with Gasteiger partial charge >= 0.3 is 0 Å². The lowest BCUT2D eigenvalue weighted by molar-refractivity contribution is -0.139. The van der Waals surface area contributed by atoms with Crippen LogP contribution in [0.3, 0.4) is 0 Å². The number of carbonyl (C=O) groups is 2. The molecule has 1 fully saturated rings. The van der Waals surface area contributed by atoms with Crippen LogP contribution in [0.2, 0.25) is 0 Å². The van der Waals surface area contributed by atoms with Crippen molar-refractivity contribution in [3.05, 3.63) is 59.9 Å². The van der Waals surface area contributed by atoms with Crippen LogP contribution in [0, 0.1) is 0 Å². The summed E-state index contributed by atoms with van der Waals surface area (Å²) >= 11 is 0. The number of rotatable bonds is 9. The van der Waals surface area contributed by atoms with Crippen LogP contribution in [-0.4, -0.2) is 58.9 Å². The molecule has 0 radical (unpaired) electrons. The minimum absolute atomic E-state index is 0.0203. The summed E-state index contributed by atoms with van der Waals surface area (Å²) in [5, 5.41) is 2.91. The molecule has 1 saturated heterocycles. The van der Waals surface area contributed by atoms with Gasteiger partial charge in [-0.25, -0.2) is 0 Å². The lowest BCUT2D eigenvalue weighted by Gasteiger charge is -2.35. The van der Waals surface area contributed by atoms with Gasteiger partial charge in [-0.2, -0.15) is 0 Å². The lowest BCUT2D eigenvalue weighted by Crippen LogP contribution is -2.56. The highest BCUT2D eigenvalue weighted by molar-refractivity contribution is 5.88. The molecule has 1 unspecified atom stereocenters. The molecule has 30 heavy (non-hydrogen) atoms. The maximum Gasteiger partial charge on any atom is 0.237 e. The smallest absolute Gasteiger partial charge is 0.237 e. The Labute approximate surface area is 178 Å². The maximum absolute atomic E-state index is 13.0. The predicted octanol–water partition coefficient (Wildman–Crippen LogP) is 2.22. The van der Waals surface area contributed by atoms with Gasteiger partial charge in [0.25, 0.3) is 0 Å². The largest absolute Gasteiger partial charge is 0.494 e. The third-order valence-electron chi connectivity index (χ3n) is 5.29. The number of nitrogens with zero attached hydrogens (tertiary/aromatic N) is 3. The molecule has 0 bridgehead atoms. The number of aromatic nitrogens is 1. The molecule has 1 aromatic carbocycles. The number of hydrogen-bond donors (Lipinski definition) is 1. The number of nitrogens with one attached hydrogen (secondary N) is 1. The van der Waals surface area contributed by atoms with Crippen molar-refractivity contribution in [3.63, 3.8) is 0 Å². The van der Waals surface area contributed by atoms with Gasteiger partial charge in [-0.3, -0.25) is 19.5 Å². The Morgan fingerprint density at radius 3 is 2.57 bits per heavy atom. The fourth-order valence-electron chi connectivity index (χ4n) is 3.64. The number of benzene rings is 1. The van der Waals surface area contributed by atoms with Gasteiger partial charge in [-0.1, -0.05) is 12.1 Å². The van der Waals surface area contributed by atoms with E-state index in [0.29, 0.717) is 39.3 Å². The maximum atomic E-state index is 13.0. The lowest BCUT2D eigenvalue weighted by atomic mass is 10.1. The van der Waals surface area contributed by atoms with Crippen molar-refractivity contribution in [2.75, 3.05) is 26.2 Å². The number of amides is 2. The van der Waals surface area contributed by atoms with Crippen LogP contribution < -0.4 is 10.1 Å². The van der Waals surface area contributed by atoms with E-state index in [0.717, 1.165) is 16.9 Å². The summed E-state index contributed by atoms with van der Waals surface area (Å²) in [6, 6.07) is 11.2. The van der Waals surface area contributed by atoms with Crippen molar-refractivity contribution < 1.29 is 14.3 Å². The molecule has 1 aliphatic rings. The predicted molar refractivity (Wildman–Crippen MR) is 115 cm³/mol. The molecule has 2 aromatic rings.